The standard InChI is InChI=1S/C13H17FO2/c1-2-15-9-11-7-12(5-6-13(11)14)16-8-10-3-4-10/h5-7,10H,2-4,8-9H2,1H3. The second kappa shape index (κ2) is 5.30. The molecule has 0 unspecified atom stereocenters. The van der Waals surface area contributed by atoms with Crippen molar-refractivity contribution in [3.8, 4) is 5.75 Å². The van der Waals surface area contributed by atoms with Crippen molar-refractivity contribution in [2.75, 3.05) is 13.2 Å². The normalized spacial score (nSPS) is 15.1. The van der Waals surface area contributed by atoms with Crippen LogP contribution < -0.4 is 4.74 Å². The van der Waals surface area contributed by atoms with Gasteiger partial charge in [0, 0.05) is 12.2 Å². The van der Waals surface area contributed by atoms with Gasteiger partial charge in [0.05, 0.1) is 13.2 Å². The van der Waals surface area contributed by atoms with Gasteiger partial charge in [-0.1, -0.05) is 0 Å². The topological polar surface area (TPSA) is 18.5 Å². The molecule has 1 aliphatic rings. The van der Waals surface area contributed by atoms with Crippen LogP contribution >= 0.6 is 0 Å². The van der Waals surface area contributed by atoms with Gasteiger partial charge in [0.2, 0.25) is 0 Å². The highest BCUT2D eigenvalue weighted by molar-refractivity contribution is 5.29. The van der Waals surface area contributed by atoms with Crippen LogP contribution in [-0.2, 0) is 11.3 Å². The van der Waals surface area contributed by atoms with Crippen molar-refractivity contribution in [1.29, 1.82) is 0 Å². The van der Waals surface area contributed by atoms with Gasteiger partial charge in [-0.3, -0.25) is 0 Å². The van der Waals surface area contributed by atoms with Gasteiger partial charge in [0.15, 0.2) is 0 Å². The van der Waals surface area contributed by atoms with Gasteiger partial charge >= 0.3 is 0 Å². The molecular weight excluding hydrogens is 207 g/mol. The maximum absolute atomic E-state index is 13.4. The zero-order valence-corrected chi connectivity index (χ0v) is 9.54. The lowest BCUT2D eigenvalue weighted by molar-refractivity contribution is 0.131. The predicted octanol–water partition coefficient (Wildman–Crippen LogP) is 3.15. The van der Waals surface area contributed by atoms with Crippen LogP contribution in [0.4, 0.5) is 4.39 Å². The lowest BCUT2D eigenvalue weighted by atomic mass is 10.2. The highest BCUT2D eigenvalue weighted by Gasteiger charge is 2.21. The molecule has 0 heterocycles. The van der Waals surface area contributed by atoms with Gasteiger partial charge in [-0.15, -0.1) is 0 Å². The van der Waals surface area contributed by atoms with E-state index in [0.29, 0.717) is 24.7 Å². The van der Waals surface area contributed by atoms with Crippen molar-refractivity contribution in [3.63, 3.8) is 0 Å². The number of benzene rings is 1. The van der Waals surface area contributed by atoms with E-state index in [1.165, 1.54) is 18.9 Å². The van der Waals surface area contributed by atoms with Crippen LogP contribution in [0.25, 0.3) is 0 Å². The summed E-state index contributed by atoms with van der Waals surface area (Å²) in [5.41, 5.74) is 0.565. The van der Waals surface area contributed by atoms with Crippen LogP contribution in [0.15, 0.2) is 18.2 Å². The van der Waals surface area contributed by atoms with Crippen LogP contribution in [0, 0.1) is 11.7 Å². The van der Waals surface area contributed by atoms with E-state index < -0.39 is 0 Å². The summed E-state index contributed by atoms with van der Waals surface area (Å²) in [5, 5.41) is 0. The zero-order valence-electron chi connectivity index (χ0n) is 9.54. The SMILES string of the molecule is CCOCc1cc(OCC2CC2)ccc1F. The molecule has 1 saturated carbocycles. The molecule has 0 atom stereocenters. The van der Waals surface area contributed by atoms with Crippen LogP contribution in [0.3, 0.4) is 0 Å². The fourth-order valence-electron chi connectivity index (χ4n) is 1.46. The van der Waals surface area contributed by atoms with Crippen molar-refractivity contribution in [2.24, 2.45) is 5.92 Å². The number of hydrogen-bond acceptors (Lipinski definition) is 2. The van der Waals surface area contributed by atoms with E-state index in [1.807, 2.05) is 6.92 Å². The first kappa shape index (κ1) is 11.4. The van der Waals surface area contributed by atoms with E-state index in [-0.39, 0.29) is 5.82 Å². The predicted molar refractivity (Wildman–Crippen MR) is 59.9 cm³/mol. The summed E-state index contributed by atoms with van der Waals surface area (Å²) in [5.74, 6) is 1.22. The Morgan fingerprint density at radius 3 is 2.88 bits per heavy atom. The molecule has 1 aromatic carbocycles. The Hall–Kier alpha value is -1.09. The zero-order chi connectivity index (χ0) is 11.4. The molecule has 1 aliphatic carbocycles. The van der Waals surface area contributed by atoms with E-state index in [0.717, 1.165) is 12.4 Å². The van der Waals surface area contributed by atoms with Gasteiger partial charge in [0.25, 0.3) is 0 Å². The molecule has 0 saturated heterocycles. The maximum Gasteiger partial charge on any atom is 0.128 e. The molecule has 88 valence electrons. The van der Waals surface area contributed by atoms with Crippen molar-refractivity contribution in [1.82, 2.24) is 0 Å². The van der Waals surface area contributed by atoms with Crippen LogP contribution in [0.5, 0.6) is 5.75 Å². The highest BCUT2D eigenvalue weighted by Crippen LogP contribution is 2.29. The Labute approximate surface area is 95.4 Å². The molecule has 0 aromatic heterocycles. The minimum absolute atomic E-state index is 0.229. The maximum atomic E-state index is 13.4. The summed E-state index contributed by atoms with van der Waals surface area (Å²) in [6.07, 6.45) is 2.51. The van der Waals surface area contributed by atoms with Crippen molar-refractivity contribution < 1.29 is 13.9 Å². The van der Waals surface area contributed by atoms with Crippen LogP contribution in [0.2, 0.25) is 0 Å². The quantitative estimate of drug-likeness (QED) is 0.739. The molecule has 0 aliphatic heterocycles. The highest BCUT2D eigenvalue weighted by atomic mass is 19.1. The first-order valence-corrected chi connectivity index (χ1v) is 5.78. The smallest absolute Gasteiger partial charge is 0.128 e. The molecule has 16 heavy (non-hydrogen) atoms. The lowest BCUT2D eigenvalue weighted by Crippen LogP contribution is -2.01. The van der Waals surface area contributed by atoms with E-state index >= 15 is 0 Å². The summed E-state index contributed by atoms with van der Waals surface area (Å²) >= 11 is 0. The van der Waals surface area contributed by atoms with E-state index in [2.05, 4.69) is 0 Å². The third-order valence-corrected chi connectivity index (χ3v) is 2.66. The minimum atomic E-state index is -0.229. The Balaban J connectivity index is 1.95. The molecule has 2 nitrogen and oxygen atoms in total. The Kier molecular flexibility index (Phi) is 3.78. The van der Waals surface area contributed by atoms with E-state index in [1.54, 1.807) is 12.1 Å². The molecule has 3 heteroatoms. The van der Waals surface area contributed by atoms with Crippen LogP contribution in [-0.4, -0.2) is 13.2 Å². The number of ether oxygens (including phenoxy) is 2. The molecule has 2 rings (SSSR count). The average Bonchev–Trinajstić information content (AvgIpc) is 3.10. The lowest BCUT2D eigenvalue weighted by Gasteiger charge is -2.08. The van der Waals surface area contributed by atoms with Gasteiger partial charge in [-0.05, 0) is 43.9 Å². The number of rotatable bonds is 6. The summed E-state index contributed by atoms with van der Waals surface area (Å²) in [4.78, 5) is 0. The molecular formula is C13H17FO2. The van der Waals surface area contributed by atoms with Gasteiger partial charge in [0.1, 0.15) is 11.6 Å². The van der Waals surface area contributed by atoms with Gasteiger partial charge in [-0.25, -0.2) is 4.39 Å². The van der Waals surface area contributed by atoms with Crippen molar-refractivity contribution >= 4 is 0 Å². The third-order valence-electron chi connectivity index (χ3n) is 2.66. The second-order valence-corrected chi connectivity index (χ2v) is 4.14. The Morgan fingerprint density at radius 1 is 1.38 bits per heavy atom. The van der Waals surface area contributed by atoms with Crippen molar-refractivity contribution in [3.05, 3.63) is 29.6 Å². The average molecular weight is 224 g/mol. The molecule has 0 radical (unpaired) electrons. The Morgan fingerprint density at radius 2 is 2.19 bits per heavy atom. The van der Waals surface area contributed by atoms with E-state index in [4.69, 9.17) is 9.47 Å². The summed E-state index contributed by atoms with van der Waals surface area (Å²) < 4.78 is 24.1. The number of hydrogen-bond donors (Lipinski definition) is 0. The first-order valence-electron chi connectivity index (χ1n) is 5.78. The molecule has 0 spiro atoms. The number of halogens is 1. The van der Waals surface area contributed by atoms with Gasteiger partial charge in [-0.2, -0.15) is 0 Å². The fourth-order valence-corrected chi connectivity index (χ4v) is 1.46. The van der Waals surface area contributed by atoms with Crippen molar-refractivity contribution in [2.45, 2.75) is 26.4 Å². The first-order chi connectivity index (χ1) is 7.79. The minimum Gasteiger partial charge on any atom is -0.493 e. The Bertz CT molecular complexity index is 348. The monoisotopic (exact) mass is 224 g/mol. The molecule has 0 amide bonds. The second-order valence-electron chi connectivity index (χ2n) is 4.14. The molecule has 1 aromatic rings. The van der Waals surface area contributed by atoms with E-state index in [9.17, 15) is 4.39 Å². The summed E-state index contributed by atoms with van der Waals surface area (Å²) in [6.45, 7) is 3.54. The van der Waals surface area contributed by atoms with Gasteiger partial charge < -0.3 is 9.47 Å². The third kappa shape index (κ3) is 3.20. The molecule has 0 N–H and O–H groups in total. The molecule has 1 fully saturated rings. The van der Waals surface area contributed by atoms with Crippen LogP contribution in [0.1, 0.15) is 25.3 Å². The summed E-state index contributed by atoms with van der Waals surface area (Å²) in [6, 6.07) is 4.84. The fraction of sp³-hybridized carbons (Fsp3) is 0.538. The summed E-state index contributed by atoms with van der Waals surface area (Å²) in [7, 11) is 0. The molecule has 0 bridgehead atoms. The largest absolute Gasteiger partial charge is 0.493 e.